The van der Waals surface area contributed by atoms with Gasteiger partial charge in [-0.2, -0.15) is 0 Å². The number of carbonyl (C=O) groups excluding carboxylic acids is 2. The van der Waals surface area contributed by atoms with Gasteiger partial charge in [0.15, 0.2) is 0 Å². The fourth-order valence-electron chi connectivity index (χ4n) is 5.19. The van der Waals surface area contributed by atoms with Gasteiger partial charge in [0, 0.05) is 64.1 Å². The standard InChI is InChI=1S/C30H42FN5O3/c1-22-20-34(18-19-36(22)29(38)39-30(2,3)4)21-23-10-12-25(13-11-23)33(5)28(37)35-16-14-24(15-17-35)32-27-9-7-6-8-26(27)31/h6-13,22,24,32H,14-21H2,1-5H3/t22-/m0/s1. The average molecular weight is 540 g/mol. The minimum Gasteiger partial charge on any atom is -0.444 e. The molecule has 2 aromatic rings. The van der Waals surface area contributed by atoms with E-state index in [1.54, 1.807) is 24.1 Å². The van der Waals surface area contributed by atoms with Crippen molar-refractivity contribution in [3.8, 4) is 0 Å². The van der Waals surface area contributed by atoms with Gasteiger partial charge in [-0.15, -0.1) is 0 Å². The number of rotatable bonds is 5. The van der Waals surface area contributed by atoms with Crippen molar-refractivity contribution in [3.05, 3.63) is 59.9 Å². The zero-order valence-corrected chi connectivity index (χ0v) is 23.8. The lowest BCUT2D eigenvalue weighted by molar-refractivity contribution is 0.000555. The third-order valence-corrected chi connectivity index (χ3v) is 7.36. The number of nitrogens with one attached hydrogen (secondary N) is 1. The molecule has 4 rings (SSSR count). The molecule has 9 heteroatoms. The van der Waals surface area contributed by atoms with Crippen molar-refractivity contribution in [2.75, 3.05) is 50.0 Å². The molecule has 2 aliphatic heterocycles. The summed E-state index contributed by atoms with van der Waals surface area (Å²) in [6, 6.07) is 15.0. The molecule has 0 aromatic heterocycles. The first-order chi connectivity index (χ1) is 18.5. The number of halogens is 1. The van der Waals surface area contributed by atoms with Crippen LogP contribution in [0.1, 0.15) is 46.1 Å². The predicted molar refractivity (Wildman–Crippen MR) is 153 cm³/mol. The van der Waals surface area contributed by atoms with Gasteiger partial charge in [0.25, 0.3) is 0 Å². The molecule has 2 aromatic carbocycles. The molecule has 2 fully saturated rings. The number of carbonyl (C=O) groups is 2. The molecule has 2 aliphatic rings. The Morgan fingerprint density at radius 3 is 2.31 bits per heavy atom. The van der Waals surface area contributed by atoms with Gasteiger partial charge in [0.2, 0.25) is 0 Å². The molecule has 2 saturated heterocycles. The van der Waals surface area contributed by atoms with Gasteiger partial charge < -0.3 is 19.9 Å². The van der Waals surface area contributed by atoms with Crippen LogP contribution >= 0.6 is 0 Å². The van der Waals surface area contributed by atoms with E-state index in [1.807, 2.05) is 48.8 Å². The number of urea groups is 1. The van der Waals surface area contributed by atoms with Crippen LogP contribution in [0.3, 0.4) is 0 Å². The number of benzene rings is 2. The molecule has 1 atom stereocenters. The Balaban J connectivity index is 1.24. The van der Waals surface area contributed by atoms with Crippen LogP contribution in [0.4, 0.5) is 25.4 Å². The molecule has 212 valence electrons. The quantitative estimate of drug-likeness (QED) is 0.551. The fraction of sp³-hybridized carbons (Fsp3) is 0.533. The molecule has 0 radical (unpaired) electrons. The Hall–Kier alpha value is -3.33. The highest BCUT2D eigenvalue weighted by Crippen LogP contribution is 2.23. The van der Waals surface area contributed by atoms with Crippen LogP contribution in [0.5, 0.6) is 0 Å². The summed E-state index contributed by atoms with van der Waals surface area (Å²) in [5, 5.41) is 3.27. The van der Waals surface area contributed by atoms with Crippen molar-refractivity contribution in [1.29, 1.82) is 0 Å². The molecule has 3 amide bonds. The van der Waals surface area contributed by atoms with Crippen LogP contribution < -0.4 is 10.2 Å². The Bertz CT molecular complexity index is 1130. The summed E-state index contributed by atoms with van der Waals surface area (Å²) in [4.78, 5) is 33.3. The van der Waals surface area contributed by atoms with Crippen molar-refractivity contribution < 1.29 is 18.7 Å². The summed E-state index contributed by atoms with van der Waals surface area (Å²) in [5.74, 6) is -0.253. The highest BCUT2D eigenvalue weighted by Gasteiger charge is 2.31. The molecule has 8 nitrogen and oxygen atoms in total. The third kappa shape index (κ3) is 7.62. The second-order valence-corrected chi connectivity index (χ2v) is 11.7. The van der Waals surface area contributed by atoms with Crippen molar-refractivity contribution in [1.82, 2.24) is 14.7 Å². The van der Waals surface area contributed by atoms with Crippen LogP contribution in [-0.4, -0.2) is 84.3 Å². The Kier molecular flexibility index (Phi) is 9.00. The van der Waals surface area contributed by atoms with Crippen LogP contribution in [0.2, 0.25) is 0 Å². The van der Waals surface area contributed by atoms with Crippen molar-refractivity contribution in [2.45, 2.75) is 64.8 Å². The van der Waals surface area contributed by atoms with Crippen molar-refractivity contribution in [3.63, 3.8) is 0 Å². The van der Waals surface area contributed by atoms with Gasteiger partial charge >= 0.3 is 12.1 Å². The molecule has 39 heavy (non-hydrogen) atoms. The number of likely N-dealkylation sites (tertiary alicyclic amines) is 1. The molecular weight excluding hydrogens is 497 g/mol. The summed E-state index contributed by atoms with van der Waals surface area (Å²) in [6.07, 6.45) is 1.29. The number of anilines is 2. The van der Waals surface area contributed by atoms with E-state index in [-0.39, 0.29) is 30.0 Å². The van der Waals surface area contributed by atoms with E-state index >= 15 is 0 Å². The smallest absolute Gasteiger partial charge is 0.410 e. The fourth-order valence-corrected chi connectivity index (χ4v) is 5.19. The summed E-state index contributed by atoms with van der Waals surface area (Å²) in [5.41, 5.74) is 2.02. The zero-order valence-electron chi connectivity index (χ0n) is 23.8. The van der Waals surface area contributed by atoms with E-state index in [4.69, 9.17) is 4.74 Å². The number of para-hydroxylation sites is 1. The molecule has 0 aliphatic carbocycles. The summed E-state index contributed by atoms with van der Waals surface area (Å²) < 4.78 is 19.5. The highest BCUT2D eigenvalue weighted by atomic mass is 19.1. The van der Waals surface area contributed by atoms with Gasteiger partial charge in [-0.1, -0.05) is 24.3 Å². The maximum absolute atomic E-state index is 14.0. The lowest BCUT2D eigenvalue weighted by Gasteiger charge is -2.40. The normalized spacial score (nSPS) is 19.1. The number of nitrogens with zero attached hydrogens (tertiary/aromatic N) is 4. The average Bonchev–Trinajstić information content (AvgIpc) is 2.89. The molecule has 2 heterocycles. The van der Waals surface area contributed by atoms with Gasteiger partial charge in [0.05, 0.1) is 5.69 Å². The minimum absolute atomic E-state index is 0.0285. The number of hydrogen-bond donors (Lipinski definition) is 1. The molecule has 0 bridgehead atoms. The first kappa shape index (κ1) is 28.7. The number of hydrogen-bond acceptors (Lipinski definition) is 5. The van der Waals surface area contributed by atoms with E-state index in [0.29, 0.717) is 25.3 Å². The van der Waals surface area contributed by atoms with Crippen LogP contribution in [0.15, 0.2) is 48.5 Å². The van der Waals surface area contributed by atoms with Crippen molar-refractivity contribution >= 4 is 23.5 Å². The van der Waals surface area contributed by atoms with E-state index in [9.17, 15) is 14.0 Å². The maximum atomic E-state index is 14.0. The van der Waals surface area contributed by atoms with E-state index < -0.39 is 5.60 Å². The summed E-state index contributed by atoms with van der Waals surface area (Å²) in [6.45, 7) is 11.9. The number of ether oxygens (including phenoxy) is 1. The van der Waals surface area contributed by atoms with E-state index in [1.165, 1.54) is 6.07 Å². The maximum Gasteiger partial charge on any atom is 0.410 e. The Labute approximate surface area is 231 Å². The predicted octanol–water partition coefficient (Wildman–Crippen LogP) is 5.40. The Morgan fingerprint density at radius 2 is 1.69 bits per heavy atom. The first-order valence-electron chi connectivity index (χ1n) is 13.8. The van der Waals surface area contributed by atoms with Gasteiger partial charge in [-0.3, -0.25) is 9.80 Å². The van der Waals surface area contributed by atoms with Gasteiger partial charge in [-0.05, 0) is 70.4 Å². The number of piperidine rings is 1. The highest BCUT2D eigenvalue weighted by molar-refractivity contribution is 5.91. The molecule has 0 spiro atoms. The first-order valence-corrected chi connectivity index (χ1v) is 13.8. The number of piperazine rings is 1. The largest absolute Gasteiger partial charge is 0.444 e. The van der Waals surface area contributed by atoms with E-state index in [2.05, 4.69) is 29.3 Å². The minimum atomic E-state index is -0.499. The summed E-state index contributed by atoms with van der Waals surface area (Å²) >= 11 is 0. The lowest BCUT2D eigenvalue weighted by atomic mass is 10.0. The molecule has 1 N–H and O–H groups in total. The SMILES string of the molecule is C[C@H]1CN(Cc2ccc(N(C)C(=O)N3CCC(Nc4ccccc4F)CC3)cc2)CCN1C(=O)OC(C)(C)C. The summed E-state index contributed by atoms with van der Waals surface area (Å²) in [7, 11) is 1.80. The lowest BCUT2D eigenvalue weighted by Crippen LogP contribution is -2.54. The monoisotopic (exact) mass is 539 g/mol. The second-order valence-electron chi connectivity index (χ2n) is 11.7. The van der Waals surface area contributed by atoms with Crippen molar-refractivity contribution in [2.24, 2.45) is 0 Å². The van der Waals surface area contributed by atoms with Crippen LogP contribution in [-0.2, 0) is 11.3 Å². The van der Waals surface area contributed by atoms with Crippen LogP contribution in [0, 0.1) is 5.82 Å². The second kappa shape index (κ2) is 12.2. The molecular formula is C30H42FN5O3. The topological polar surface area (TPSA) is 68.4 Å². The van der Waals surface area contributed by atoms with Gasteiger partial charge in [0.1, 0.15) is 11.4 Å². The molecule has 0 unspecified atom stereocenters. The van der Waals surface area contributed by atoms with E-state index in [0.717, 1.165) is 43.7 Å². The zero-order chi connectivity index (χ0) is 28.2. The number of amides is 3. The van der Waals surface area contributed by atoms with Crippen LogP contribution in [0.25, 0.3) is 0 Å². The Morgan fingerprint density at radius 1 is 1.03 bits per heavy atom. The van der Waals surface area contributed by atoms with Gasteiger partial charge in [-0.25, -0.2) is 14.0 Å². The third-order valence-electron chi connectivity index (χ3n) is 7.36. The molecule has 0 saturated carbocycles.